The van der Waals surface area contributed by atoms with Gasteiger partial charge in [-0.25, -0.2) is 18.0 Å². The van der Waals surface area contributed by atoms with Gasteiger partial charge in [-0.2, -0.15) is 0 Å². The molecule has 0 bridgehead atoms. The highest BCUT2D eigenvalue weighted by molar-refractivity contribution is 7.91. The van der Waals surface area contributed by atoms with Gasteiger partial charge in [-0.05, 0) is 43.7 Å². The Hall–Kier alpha value is -3.33. The Balaban J connectivity index is 2.05. The molecule has 1 aliphatic heterocycles. The van der Waals surface area contributed by atoms with Crippen LogP contribution in [0.2, 0.25) is 0 Å². The van der Waals surface area contributed by atoms with Crippen molar-refractivity contribution in [3.05, 3.63) is 71.4 Å². The SMILES string of the molecule is CCOC(=O)C1=C(CS(=O)(=O)c2ccccc2)NC(=O)N[C@H]1c1ccc(OCC)cc1. The summed E-state index contributed by atoms with van der Waals surface area (Å²) < 4.78 is 36.4. The number of esters is 1. The van der Waals surface area contributed by atoms with E-state index < -0.39 is 33.6 Å². The summed E-state index contributed by atoms with van der Waals surface area (Å²) in [6, 6.07) is 13.2. The van der Waals surface area contributed by atoms with Crippen LogP contribution in [-0.4, -0.2) is 39.4 Å². The highest BCUT2D eigenvalue weighted by Gasteiger charge is 2.35. The van der Waals surface area contributed by atoms with Crippen LogP contribution in [0.1, 0.15) is 25.5 Å². The highest BCUT2D eigenvalue weighted by atomic mass is 32.2. The van der Waals surface area contributed by atoms with Gasteiger partial charge in [0.2, 0.25) is 0 Å². The van der Waals surface area contributed by atoms with Gasteiger partial charge in [0.05, 0.1) is 35.5 Å². The van der Waals surface area contributed by atoms with Crippen molar-refractivity contribution < 1.29 is 27.5 Å². The average Bonchev–Trinajstić information content (AvgIpc) is 2.74. The van der Waals surface area contributed by atoms with Gasteiger partial charge in [0, 0.05) is 5.70 Å². The Morgan fingerprint density at radius 2 is 1.68 bits per heavy atom. The maximum absolute atomic E-state index is 12.9. The van der Waals surface area contributed by atoms with Gasteiger partial charge in [-0.15, -0.1) is 0 Å². The molecular formula is C22H24N2O6S. The Labute approximate surface area is 181 Å². The lowest BCUT2D eigenvalue weighted by molar-refractivity contribution is -0.139. The van der Waals surface area contributed by atoms with Gasteiger partial charge >= 0.3 is 12.0 Å². The maximum Gasteiger partial charge on any atom is 0.338 e. The minimum atomic E-state index is -3.81. The van der Waals surface area contributed by atoms with E-state index in [1.54, 1.807) is 49.4 Å². The van der Waals surface area contributed by atoms with E-state index in [1.165, 1.54) is 12.1 Å². The van der Waals surface area contributed by atoms with Crippen molar-refractivity contribution in [2.75, 3.05) is 19.0 Å². The molecule has 9 heteroatoms. The van der Waals surface area contributed by atoms with Crippen LogP contribution in [0.15, 0.2) is 70.8 Å². The Morgan fingerprint density at radius 1 is 1.00 bits per heavy atom. The number of carbonyl (C=O) groups excluding carboxylic acids is 2. The summed E-state index contributed by atoms with van der Waals surface area (Å²) in [5.74, 6) is -0.612. The predicted molar refractivity (Wildman–Crippen MR) is 114 cm³/mol. The van der Waals surface area contributed by atoms with Crippen molar-refractivity contribution in [3.8, 4) is 5.75 Å². The van der Waals surface area contributed by atoms with Crippen molar-refractivity contribution in [1.82, 2.24) is 10.6 Å². The fraction of sp³-hybridized carbons (Fsp3) is 0.273. The quantitative estimate of drug-likeness (QED) is 0.606. The predicted octanol–water partition coefficient (Wildman–Crippen LogP) is 2.73. The summed E-state index contributed by atoms with van der Waals surface area (Å²) in [6.07, 6.45) is 0. The van der Waals surface area contributed by atoms with E-state index in [1.807, 2.05) is 6.92 Å². The van der Waals surface area contributed by atoms with E-state index in [4.69, 9.17) is 9.47 Å². The molecule has 31 heavy (non-hydrogen) atoms. The molecule has 2 aromatic carbocycles. The molecule has 0 unspecified atom stereocenters. The monoisotopic (exact) mass is 444 g/mol. The summed E-state index contributed by atoms with van der Waals surface area (Å²) in [6.45, 7) is 4.12. The number of amides is 2. The highest BCUT2D eigenvalue weighted by Crippen LogP contribution is 2.30. The summed E-state index contributed by atoms with van der Waals surface area (Å²) >= 11 is 0. The zero-order chi connectivity index (χ0) is 22.4. The average molecular weight is 445 g/mol. The Morgan fingerprint density at radius 3 is 2.29 bits per heavy atom. The number of sulfone groups is 1. The molecule has 8 nitrogen and oxygen atoms in total. The lowest BCUT2D eigenvalue weighted by Crippen LogP contribution is -2.47. The third-order valence-electron chi connectivity index (χ3n) is 4.61. The number of ether oxygens (including phenoxy) is 2. The fourth-order valence-electron chi connectivity index (χ4n) is 3.26. The normalized spacial score (nSPS) is 16.3. The molecule has 2 aromatic rings. The van der Waals surface area contributed by atoms with Crippen LogP contribution in [0, 0.1) is 0 Å². The molecular weight excluding hydrogens is 420 g/mol. The van der Waals surface area contributed by atoms with Gasteiger partial charge in [0.25, 0.3) is 0 Å². The van der Waals surface area contributed by atoms with Crippen LogP contribution >= 0.6 is 0 Å². The topological polar surface area (TPSA) is 111 Å². The largest absolute Gasteiger partial charge is 0.494 e. The number of carbonyl (C=O) groups is 2. The summed E-state index contributed by atoms with van der Waals surface area (Å²) in [7, 11) is -3.81. The van der Waals surface area contributed by atoms with Crippen LogP contribution in [-0.2, 0) is 19.4 Å². The van der Waals surface area contributed by atoms with Gasteiger partial charge in [-0.1, -0.05) is 30.3 Å². The molecule has 0 fully saturated rings. The number of urea groups is 1. The molecule has 1 heterocycles. The van der Waals surface area contributed by atoms with Crippen molar-refractivity contribution >= 4 is 21.8 Å². The third kappa shape index (κ3) is 5.24. The molecule has 0 spiro atoms. The number of rotatable bonds is 8. The van der Waals surface area contributed by atoms with E-state index in [0.717, 1.165) is 0 Å². The van der Waals surface area contributed by atoms with Crippen LogP contribution in [0.25, 0.3) is 0 Å². The van der Waals surface area contributed by atoms with Crippen molar-refractivity contribution in [1.29, 1.82) is 0 Å². The number of hydrogen-bond acceptors (Lipinski definition) is 6. The third-order valence-corrected chi connectivity index (χ3v) is 6.27. The molecule has 1 aliphatic rings. The molecule has 0 aliphatic carbocycles. The molecule has 164 valence electrons. The zero-order valence-corrected chi connectivity index (χ0v) is 18.1. The first-order chi connectivity index (χ1) is 14.9. The van der Waals surface area contributed by atoms with Crippen LogP contribution < -0.4 is 15.4 Å². The molecule has 0 saturated carbocycles. The molecule has 2 N–H and O–H groups in total. The molecule has 3 rings (SSSR count). The van der Waals surface area contributed by atoms with E-state index >= 15 is 0 Å². The van der Waals surface area contributed by atoms with Crippen LogP contribution in [0.5, 0.6) is 5.75 Å². The van der Waals surface area contributed by atoms with E-state index in [-0.39, 0.29) is 22.8 Å². The first-order valence-electron chi connectivity index (χ1n) is 9.84. The van der Waals surface area contributed by atoms with Gasteiger partial charge in [0.1, 0.15) is 5.75 Å². The summed E-state index contributed by atoms with van der Waals surface area (Å²) in [5.41, 5.74) is 0.631. The number of benzene rings is 2. The molecule has 0 aromatic heterocycles. The first kappa shape index (κ1) is 22.4. The van der Waals surface area contributed by atoms with Crippen LogP contribution in [0.3, 0.4) is 0 Å². The standard InChI is InChI=1S/C22H24N2O6S/c1-3-29-16-12-10-15(11-13-16)20-19(21(25)30-4-2)18(23-22(26)24-20)14-31(27,28)17-8-6-5-7-9-17/h5-13,20H,3-4,14H2,1-2H3,(H2,23,24,26)/t20-/m0/s1. The second kappa shape index (κ2) is 9.65. The van der Waals surface area contributed by atoms with Gasteiger partial charge < -0.3 is 20.1 Å². The summed E-state index contributed by atoms with van der Waals surface area (Å²) in [5, 5.41) is 5.17. The van der Waals surface area contributed by atoms with Crippen molar-refractivity contribution in [3.63, 3.8) is 0 Å². The lowest BCUT2D eigenvalue weighted by Gasteiger charge is -2.29. The number of hydrogen-bond donors (Lipinski definition) is 2. The minimum Gasteiger partial charge on any atom is -0.494 e. The lowest BCUT2D eigenvalue weighted by atomic mass is 9.95. The second-order valence-corrected chi connectivity index (χ2v) is 8.71. The zero-order valence-electron chi connectivity index (χ0n) is 17.3. The molecule has 1 atom stereocenters. The second-order valence-electron chi connectivity index (χ2n) is 6.72. The Bertz CT molecular complexity index is 1080. The van der Waals surface area contributed by atoms with Gasteiger partial charge in [0.15, 0.2) is 9.84 Å². The van der Waals surface area contributed by atoms with Crippen molar-refractivity contribution in [2.45, 2.75) is 24.8 Å². The smallest absolute Gasteiger partial charge is 0.338 e. The van der Waals surface area contributed by atoms with E-state index in [9.17, 15) is 18.0 Å². The van der Waals surface area contributed by atoms with Gasteiger partial charge in [-0.3, -0.25) is 0 Å². The first-order valence-corrected chi connectivity index (χ1v) is 11.5. The molecule has 0 saturated heterocycles. The fourth-order valence-corrected chi connectivity index (χ4v) is 4.60. The maximum atomic E-state index is 12.9. The summed E-state index contributed by atoms with van der Waals surface area (Å²) in [4.78, 5) is 25.2. The minimum absolute atomic E-state index is 0.00932. The van der Waals surface area contributed by atoms with E-state index in [2.05, 4.69) is 10.6 Å². The molecule has 2 amide bonds. The Kier molecular flexibility index (Phi) is 6.96. The number of nitrogens with one attached hydrogen (secondary N) is 2. The van der Waals surface area contributed by atoms with Crippen molar-refractivity contribution in [2.24, 2.45) is 0 Å². The molecule has 0 radical (unpaired) electrons. The van der Waals surface area contributed by atoms with Crippen LogP contribution in [0.4, 0.5) is 4.79 Å². The van der Waals surface area contributed by atoms with E-state index in [0.29, 0.717) is 17.9 Å².